The van der Waals surface area contributed by atoms with E-state index >= 15 is 0 Å². The molecule has 2 rings (SSSR count). The number of nitrogens with one attached hydrogen (secondary N) is 2. The van der Waals surface area contributed by atoms with Crippen LogP contribution >= 0.6 is 24.0 Å². The zero-order valence-corrected chi connectivity index (χ0v) is 17.5. The van der Waals surface area contributed by atoms with E-state index in [0.717, 1.165) is 19.0 Å². The normalized spacial score (nSPS) is 16.0. The third-order valence-electron chi connectivity index (χ3n) is 4.68. The molecule has 25 heavy (non-hydrogen) atoms. The minimum Gasteiger partial charge on any atom is -0.469 e. The number of hydrogen-bond acceptors (Lipinski definition) is 3. The number of esters is 1. The van der Waals surface area contributed by atoms with Crippen molar-refractivity contribution >= 4 is 35.9 Å². The Kier molecular flexibility index (Phi) is 9.85. The number of halogens is 1. The van der Waals surface area contributed by atoms with Crippen LogP contribution in [0.5, 0.6) is 0 Å². The zero-order chi connectivity index (χ0) is 17.3. The molecule has 0 radical (unpaired) electrons. The van der Waals surface area contributed by atoms with Gasteiger partial charge in [-0.1, -0.05) is 43.2 Å². The minimum absolute atomic E-state index is 0. The van der Waals surface area contributed by atoms with E-state index in [-0.39, 0.29) is 35.4 Å². The lowest BCUT2D eigenvalue weighted by Crippen LogP contribution is -2.39. The number of methoxy groups -OCH3 is 1. The van der Waals surface area contributed by atoms with Crippen molar-refractivity contribution in [2.75, 3.05) is 26.7 Å². The van der Waals surface area contributed by atoms with E-state index < -0.39 is 0 Å². The van der Waals surface area contributed by atoms with Gasteiger partial charge in [0, 0.05) is 18.5 Å². The molecule has 2 N–H and O–H groups in total. The standard InChI is InChI=1S/C19H29N3O2.HI/c1-3-20-18(21-14-11-17(23)24-2)22-15-19(12-7-8-13-19)16-9-5-4-6-10-16;/h4-6,9-10H,3,7-8,11-15H2,1-2H3,(H2,20,21,22);1H. The summed E-state index contributed by atoms with van der Waals surface area (Å²) in [6, 6.07) is 10.7. The predicted molar refractivity (Wildman–Crippen MR) is 113 cm³/mol. The molecule has 1 saturated carbocycles. The lowest BCUT2D eigenvalue weighted by atomic mass is 9.79. The van der Waals surface area contributed by atoms with Gasteiger partial charge in [-0.3, -0.25) is 9.79 Å². The fraction of sp³-hybridized carbons (Fsp3) is 0.579. The molecule has 0 saturated heterocycles. The molecule has 0 atom stereocenters. The van der Waals surface area contributed by atoms with Crippen molar-refractivity contribution in [3.63, 3.8) is 0 Å². The summed E-state index contributed by atoms with van der Waals surface area (Å²) in [5, 5.41) is 6.47. The minimum atomic E-state index is -0.213. The molecule has 1 aromatic carbocycles. The number of nitrogens with zero attached hydrogens (tertiary/aromatic N) is 1. The topological polar surface area (TPSA) is 62.7 Å². The Morgan fingerprint density at radius 1 is 1.20 bits per heavy atom. The van der Waals surface area contributed by atoms with Crippen LogP contribution in [0.1, 0.15) is 44.6 Å². The molecule has 0 unspecified atom stereocenters. The van der Waals surface area contributed by atoms with Crippen molar-refractivity contribution < 1.29 is 9.53 Å². The van der Waals surface area contributed by atoms with Crippen LogP contribution in [-0.2, 0) is 14.9 Å². The van der Waals surface area contributed by atoms with E-state index in [1.165, 1.54) is 38.4 Å². The first kappa shape index (κ1) is 21.7. The Balaban J connectivity index is 0.00000312. The molecule has 140 valence electrons. The number of hydrogen-bond donors (Lipinski definition) is 2. The van der Waals surface area contributed by atoms with Gasteiger partial charge >= 0.3 is 5.97 Å². The number of carbonyl (C=O) groups is 1. The van der Waals surface area contributed by atoms with Crippen LogP contribution in [0.2, 0.25) is 0 Å². The largest absolute Gasteiger partial charge is 0.469 e. The fourth-order valence-electron chi connectivity index (χ4n) is 3.34. The van der Waals surface area contributed by atoms with Gasteiger partial charge in [0.2, 0.25) is 0 Å². The summed E-state index contributed by atoms with van der Waals surface area (Å²) >= 11 is 0. The second-order valence-corrected chi connectivity index (χ2v) is 6.30. The van der Waals surface area contributed by atoms with Gasteiger partial charge in [0.15, 0.2) is 5.96 Å². The molecule has 0 aromatic heterocycles. The smallest absolute Gasteiger partial charge is 0.307 e. The van der Waals surface area contributed by atoms with Gasteiger partial charge in [0.25, 0.3) is 0 Å². The average molecular weight is 459 g/mol. The highest BCUT2D eigenvalue weighted by Crippen LogP contribution is 2.41. The molecular weight excluding hydrogens is 429 g/mol. The monoisotopic (exact) mass is 459 g/mol. The van der Waals surface area contributed by atoms with Crippen LogP contribution in [0.25, 0.3) is 0 Å². The third-order valence-corrected chi connectivity index (χ3v) is 4.68. The Morgan fingerprint density at radius 3 is 2.48 bits per heavy atom. The second-order valence-electron chi connectivity index (χ2n) is 6.30. The van der Waals surface area contributed by atoms with Gasteiger partial charge in [0.1, 0.15) is 0 Å². The fourth-order valence-corrected chi connectivity index (χ4v) is 3.34. The maximum absolute atomic E-state index is 11.2. The number of ether oxygens (including phenoxy) is 1. The summed E-state index contributed by atoms with van der Waals surface area (Å²) in [4.78, 5) is 16.0. The van der Waals surface area contributed by atoms with Crippen LogP contribution in [0.3, 0.4) is 0 Å². The maximum Gasteiger partial charge on any atom is 0.307 e. The van der Waals surface area contributed by atoms with Crippen LogP contribution in [0.15, 0.2) is 35.3 Å². The van der Waals surface area contributed by atoms with Crippen molar-refractivity contribution in [1.82, 2.24) is 10.6 Å². The Morgan fingerprint density at radius 2 is 1.88 bits per heavy atom. The van der Waals surface area contributed by atoms with Gasteiger partial charge in [0.05, 0.1) is 20.1 Å². The molecule has 0 aliphatic heterocycles. The van der Waals surface area contributed by atoms with E-state index in [0.29, 0.717) is 13.0 Å². The first-order valence-corrected chi connectivity index (χ1v) is 8.85. The predicted octanol–water partition coefficient (Wildman–Crippen LogP) is 3.23. The molecule has 5 nitrogen and oxygen atoms in total. The van der Waals surface area contributed by atoms with Crippen molar-refractivity contribution in [1.29, 1.82) is 0 Å². The Bertz CT molecular complexity index is 543. The molecule has 1 aliphatic rings. The number of benzene rings is 1. The van der Waals surface area contributed by atoms with E-state index in [9.17, 15) is 4.79 Å². The number of guanidine groups is 1. The van der Waals surface area contributed by atoms with Crippen LogP contribution in [0.4, 0.5) is 0 Å². The quantitative estimate of drug-likeness (QED) is 0.285. The van der Waals surface area contributed by atoms with Gasteiger partial charge in [-0.2, -0.15) is 0 Å². The molecule has 1 fully saturated rings. The highest BCUT2D eigenvalue weighted by atomic mass is 127. The van der Waals surface area contributed by atoms with E-state index in [1.54, 1.807) is 0 Å². The lowest BCUT2D eigenvalue weighted by Gasteiger charge is -2.28. The van der Waals surface area contributed by atoms with E-state index in [4.69, 9.17) is 4.99 Å². The number of aliphatic imine (C=N–C) groups is 1. The van der Waals surface area contributed by atoms with Crippen LogP contribution in [0, 0.1) is 0 Å². The molecule has 6 heteroatoms. The van der Waals surface area contributed by atoms with Crippen LogP contribution < -0.4 is 10.6 Å². The summed E-state index contributed by atoms with van der Waals surface area (Å²) in [6.45, 7) is 4.13. The molecule has 0 amide bonds. The van der Waals surface area contributed by atoms with Gasteiger partial charge in [-0.15, -0.1) is 24.0 Å². The first-order chi connectivity index (χ1) is 11.7. The summed E-state index contributed by atoms with van der Waals surface area (Å²) in [7, 11) is 1.41. The average Bonchev–Trinajstić information content (AvgIpc) is 3.10. The molecule has 0 heterocycles. The SMILES string of the molecule is CCNC(=NCC1(c2ccccc2)CCCC1)NCCC(=O)OC.I. The zero-order valence-electron chi connectivity index (χ0n) is 15.2. The molecule has 1 aromatic rings. The maximum atomic E-state index is 11.2. The van der Waals surface area contributed by atoms with Crippen molar-refractivity contribution in [2.45, 2.75) is 44.4 Å². The molecule has 0 bridgehead atoms. The van der Waals surface area contributed by atoms with Crippen molar-refractivity contribution in [3.8, 4) is 0 Å². The second kappa shape index (κ2) is 11.3. The number of carbonyl (C=O) groups excluding carboxylic acids is 1. The van der Waals surface area contributed by atoms with E-state index in [1.807, 2.05) is 6.92 Å². The van der Waals surface area contributed by atoms with Crippen molar-refractivity contribution in [2.24, 2.45) is 4.99 Å². The highest BCUT2D eigenvalue weighted by molar-refractivity contribution is 14.0. The van der Waals surface area contributed by atoms with Gasteiger partial charge in [-0.05, 0) is 25.3 Å². The van der Waals surface area contributed by atoms with Gasteiger partial charge < -0.3 is 15.4 Å². The Labute approximate surface area is 168 Å². The summed E-state index contributed by atoms with van der Waals surface area (Å²) in [6.07, 6.45) is 5.22. The van der Waals surface area contributed by atoms with Gasteiger partial charge in [-0.25, -0.2) is 0 Å². The lowest BCUT2D eigenvalue weighted by molar-refractivity contribution is -0.140. The summed E-state index contributed by atoms with van der Waals surface area (Å²) in [5.41, 5.74) is 1.53. The van der Waals surface area contributed by atoms with Crippen LogP contribution in [-0.4, -0.2) is 38.7 Å². The number of rotatable bonds is 7. The molecule has 1 aliphatic carbocycles. The van der Waals surface area contributed by atoms with Crippen molar-refractivity contribution in [3.05, 3.63) is 35.9 Å². The third kappa shape index (κ3) is 6.49. The highest BCUT2D eigenvalue weighted by Gasteiger charge is 2.35. The Hall–Kier alpha value is -1.31. The molecule has 0 spiro atoms. The summed E-state index contributed by atoms with van der Waals surface area (Å²) in [5.74, 6) is 0.554. The van der Waals surface area contributed by atoms with E-state index in [2.05, 4.69) is 45.7 Å². The molecular formula is C19H30IN3O2. The summed E-state index contributed by atoms with van der Waals surface area (Å²) < 4.78 is 4.67. The first-order valence-electron chi connectivity index (χ1n) is 8.85.